The van der Waals surface area contributed by atoms with Crippen molar-refractivity contribution in [2.45, 2.75) is 32.3 Å². The average molecular weight is 286 g/mol. The first-order valence-electron chi connectivity index (χ1n) is 7.54. The number of carbonyl (C=O) groups is 1. The largest absolute Gasteiger partial charge is 0.391 e. The van der Waals surface area contributed by atoms with Crippen LogP contribution in [0.25, 0.3) is 10.9 Å². The Bertz CT molecular complexity index is 658. The molecule has 1 aromatic carbocycles. The van der Waals surface area contributed by atoms with Crippen LogP contribution in [0.5, 0.6) is 0 Å². The molecule has 0 radical (unpaired) electrons. The molecule has 112 valence electrons. The summed E-state index contributed by atoms with van der Waals surface area (Å²) in [4.78, 5) is 17.4. The molecule has 3 rings (SSSR count). The van der Waals surface area contributed by atoms with Gasteiger partial charge in [0.05, 0.1) is 12.5 Å². The van der Waals surface area contributed by atoms with E-state index in [-0.39, 0.29) is 12.0 Å². The molecule has 1 aliphatic rings. The minimum Gasteiger partial charge on any atom is -0.391 e. The number of H-pyrrole nitrogens is 1. The summed E-state index contributed by atoms with van der Waals surface area (Å²) >= 11 is 0. The minimum absolute atomic E-state index is 0.0579. The number of hydrogen-bond donors (Lipinski definition) is 2. The Hall–Kier alpha value is -1.81. The molecule has 1 aromatic heterocycles. The first-order chi connectivity index (χ1) is 10.1. The summed E-state index contributed by atoms with van der Waals surface area (Å²) in [6.07, 6.45) is 2.18. The van der Waals surface area contributed by atoms with Crippen LogP contribution < -0.4 is 0 Å². The average Bonchev–Trinajstić information content (AvgIpc) is 3.25. The van der Waals surface area contributed by atoms with Gasteiger partial charge in [-0.3, -0.25) is 4.79 Å². The number of benzene rings is 1. The lowest BCUT2D eigenvalue weighted by Crippen LogP contribution is -2.36. The van der Waals surface area contributed by atoms with Crippen molar-refractivity contribution < 1.29 is 9.90 Å². The third kappa shape index (κ3) is 2.95. The van der Waals surface area contributed by atoms with Crippen molar-refractivity contribution >= 4 is 16.8 Å². The molecule has 0 saturated heterocycles. The number of aliphatic hydroxyl groups excluding tert-OH is 1. The van der Waals surface area contributed by atoms with Gasteiger partial charge in [-0.15, -0.1) is 0 Å². The van der Waals surface area contributed by atoms with Gasteiger partial charge in [-0.05, 0) is 37.3 Å². The normalized spacial score (nSPS) is 16.1. The van der Waals surface area contributed by atoms with E-state index in [2.05, 4.69) is 4.98 Å². The summed E-state index contributed by atoms with van der Waals surface area (Å²) in [5.41, 5.74) is 3.17. The molecule has 0 spiro atoms. The molecule has 1 saturated carbocycles. The molecular formula is C17H22N2O2. The van der Waals surface area contributed by atoms with E-state index >= 15 is 0 Å². The summed E-state index contributed by atoms with van der Waals surface area (Å²) < 4.78 is 0. The summed E-state index contributed by atoms with van der Waals surface area (Å²) in [5, 5.41) is 11.1. The van der Waals surface area contributed by atoms with Gasteiger partial charge >= 0.3 is 0 Å². The van der Waals surface area contributed by atoms with E-state index in [1.807, 2.05) is 31.2 Å². The van der Waals surface area contributed by atoms with Gasteiger partial charge in [-0.1, -0.05) is 18.2 Å². The van der Waals surface area contributed by atoms with Crippen LogP contribution in [0.2, 0.25) is 0 Å². The number of rotatable bonds is 5. The molecule has 0 bridgehead atoms. The van der Waals surface area contributed by atoms with Crippen LogP contribution in [0.4, 0.5) is 0 Å². The monoisotopic (exact) mass is 286 g/mol. The van der Waals surface area contributed by atoms with Crippen molar-refractivity contribution in [2.24, 2.45) is 5.92 Å². The van der Waals surface area contributed by atoms with E-state index in [0.717, 1.165) is 35.0 Å². The molecular weight excluding hydrogens is 264 g/mol. The van der Waals surface area contributed by atoms with Gasteiger partial charge < -0.3 is 15.0 Å². The summed E-state index contributed by atoms with van der Waals surface area (Å²) in [6.45, 7) is 2.44. The molecule has 2 N–H and O–H groups in total. The smallest absolute Gasteiger partial charge is 0.226 e. The zero-order valence-electron chi connectivity index (χ0n) is 12.6. The standard InChI is InChI=1S/C17H22N2O2/c1-11-14(13-5-3-4-6-15(13)18-11)9-17(21)19(2)10-16(20)12-7-8-12/h3-6,12,16,18,20H,7-10H2,1-2H3. The van der Waals surface area contributed by atoms with Crippen molar-refractivity contribution in [3.63, 3.8) is 0 Å². The van der Waals surface area contributed by atoms with Gasteiger partial charge in [-0.2, -0.15) is 0 Å². The van der Waals surface area contributed by atoms with E-state index in [4.69, 9.17) is 0 Å². The molecule has 1 unspecified atom stereocenters. The molecule has 1 atom stereocenters. The van der Waals surface area contributed by atoms with Crippen LogP contribution in [0.1, 0.15) is 24.1 Å². The number of aromatic amines is 1. The van der Waals surface area contributed by atoms with Crippen LogP contribution in [0.15, 0.2) is 24.3 Å². The van der Waals surface area contributed by atoms with Gasteiger partial charge in [0, 0.05) is 30.2 Å². The van der Waals surface area contributed by atoms with Gasteiger partial charge in [-0.25, -0.2) is 0 Å². The highest BCUT2D eigenvalue weighted by molar-refractivity contribution is 5.90. The van der Waals surface area contributed by atoms with Crippen LogP contribution >= 0.6 is 0 Å². The summed E-state index contributed by atoms with van der Waals surface area (Å²) in [5.74, 6) is 0.456. The number of amides is 1. The molecule has 0 aliphatic heterocycles. The number of hydrogen-bond acceptors (Lipinski definition) is 2. The Morgan fingerprint density at radius 1 is 1.43 bits per heavy atom. The number of aliphatic hydroxyl groups is 1. The van der Waals surface area contributed by atoms with Crippen molar-refractivity contribution in [3.05, 3.63) is 35.5 Å². The van der Waals surface area contributed by atoms with E-state index < -0.39 is 0 Å². The lowest BCUT2D eigenvalue weighted by atomic mass is 10.1. The number of aromatic nitrogens is 1. The second kappa shape index (κ2) is 5.53. The SMILES string of the molecule is Cc1[nH]c2ccccc2c1CC(=O)N(C)CC(O)C1CC1. The van der Waals surface area contributed by atoms with Gasteiger partial charge in [0.15, 0.2) is 0 Å². The number of carbonyl (C=O) groups excluding carboxylic acids is 1. The van der Waals surface area contributed by atoms with Gasteiger partial charge in [0.2, 0.25) is 5.91 Å². The predicted molar refractivity (Wildman–Crippen MR) is 83.1 cm³/mol. The summed E-state index contributed by atoms with van der Waals surface area (Å²) in [7, 11) is 1.78. The molecule has 4 heteroatoms. The molecule has 4 nitrogen and oxygen atoms in total. The molecule has 1 heterocycles. The van der Waals surface area contributed by atoms with Crippen molar-refractivity contribution in [3.8, 4) is 0 Å². The Morgan fingerprint density at radius 2 is 2.14 bits per heavy atom. The third-order valence-electron chi connectivity index (χ3n) is 4.41. The van der Waals surface area contributed by atoms with Crippen LogP contribution in [0.3, 0.4) is 0 Å². The van der Waals surface area contributed by atoms with Crippen molar-refractivity contribution in [1.82, 2.24) is 9.88 Å². The van der Waals surface area contributed by atoms with E-state index in [0.29, 0.717) is 18.9 Å². The van der Waals surface area contributed by atoms with E-state index in [1.165, 1.54) is 0 Å². The van der Waals surface area contributed by atoms with Gasteiger partial charge in [0.25, 0.3) is 0 Å². The minimum atomic E-state index is -0.372. The fourth-order valence-corrected chi connectivity index (χ4v) is 2.86. The number of likely N-dealkylation sites (N-methyl/N-ethyl adjacent to an activating group) is 1. The lowest BCUT2D eigenvalue weighted by Gasteiger charge is -2.20. The Labute approximate surface area is 124 Å². The zero-order valence-corrected chi connectivity index (χ0v) is 12.6. The number of nitrogens with one attached hydrogen (secondary N) is 1. The third-order valence-corrected chi connectivity index (χ3v) is 4.41. The van der Waals surface area contributed by atoms with Gasteiger partial charge in [0.1, 0.15) is 0 Å². The Kier molecular flexibility index (Phi) is 3.72. The molecule has 1 amide bonds. The highest BCUT2D eigenvalue weighted by Gasteiger charge is 2.31. The number of para-hydroxylation sites is 1. The first-order valence-corrected chi connectivity index (χ1v) is 7.54. The highest BCUT2D eigenvalue weighted by Crippen LogP contribution is 2.32. The van der Waals surface area contributed by atoms with E-state index in [9.17, 15) is 9.90 Å². The highest BCUT2D eigenvalue weighted by atomic mass is 16.3. The fraction of sp³-hybridized carbons (Fsp3) is 0.471. The molecule has 1 fully saturated rings. The molecule has 2 aromatic rings. The number of aryl methyl sites for hydroxylation is 1. The fourth-order valence-electron chi connectivity index (χ4n) is 2.86. The lowest BCUT2D eigenvalue weighted by molar-refractivity contribution is -0.130. The quantitative estimate of drug-likeness (QED) is 0.885. The maximum absolute atomic E-state index is 12.4. The van der Waals surface area contributed by atoms with E-state index in [1.54, 1.807) is 11.9 Å². The number of nitrogens with zero attached hydrogens (tertiary/aromatic N) is 1. The summed E-state index contributed by atoms with van der Waals surface area (Å²) in [6, 6.07) is 8.05. The van der Waals surface area contributed by atoms with Crippen LogP contribution in [-0.4, -0.2) is 40.6 Å². The van der Waals surface area contributed by atoms with Crippen LogP contribution in [0, 0.1) is 12.8 Å². The maximum Gasteiger partial charge on any atom is 0.226 e. The second-order valence-corrected chi connectivity index (χ2v) is 6.13. The van der Waals surface area contributed by atoms with Crippen molar-refractivity contribution in [2.75, 3.05) is 13.6 Å². The predicted octanol–water partition coefficient (Wildman–Crippen LogP) is 2.25. The Balaban J connectivity index is 1.72. The van der Waals surface area contributed by atoms with Crippen molar-refractivity contribution in [1.29, 1.82) is 0 Å². The maximum atomic E-state index is 12.4. The molecule has 21 heavy (non-hydrogen) atoms. The Morgan fingerprint density at radius 3 is 2.86 bits per heavy atom. The first kappa shape index (κ1) is 14.1. The topological polar surface area (TPSA) is 56.3 Å². The van der Waals surface area contributed by atoms with Crippen LogP contribution in [-0.2, 0) is 11.2 Å². The zero-order chi connectivity index (χ0) is 15.0. The number of fused-ring (bicyclic) bond motifs is 1. The second-order valence-electron chi connectivity index (χ2n) is 6.13. The molecule has 1 aliphatic carbocycles.